The maximum absolute atomic E-state index is 11.4. The molecule has 0 radical (unpaired) electrons. The lowest BCUT2D eigenvalue weighted by atomic mass is 9.84. The van der Waals surface area contributed by atoms with Crippen molar-refractivity contribution in [3.05, 3.63) is 23.7 Å². The van der Waals surface area contributed by atoms with E-state index in [0.717, 1.165) is 33.2 Å². The molecule has 0 bridgehead atoms. The van der Waals surface area contributed by atoms with Crippen LogP contribution in [-0.2, 0) is 0 Å². The van der Waals surface area contributed by atoms with Gasteiger partial charge in [0.05, 0.1) is 21.7 Å². The van der Waals surface area contributed by atoms with E-state index < -0.39 is 11.8 Å². The third-order valence-electron chi connectivity index (χ3n) is 8.91. The van der Waals surface area contributed by atoms with Gasteiger partial charge in [-0.1, -0.05) is 19.3 Å². The molecule has 37 heavy (non-hydrogen) atoms. The number of aryl methyl sites for hydroxylation is 2. The van der Waals surface area contributed by atoms with E-state index in [2.05, 4.69) is 15.6 Å². The smallest absolute Gasteiger partial charge is 0.224 e. The van der Waals surface area contributed by atoms with Gasteiger partial charge >= 0.3 is 0 Å². The molecule has 1 spiro atoms. The van der Waals surface area contributed by atoms with E-state index >= 15 is 0 Å². The monoisotopic (exact) mass is 524 g/mol. The lowest BCUT2D eigenvalue weighted by molar-refractivity contribution is -0.0545. The van der Waals surface area contributed by atoms with Gasteiger partial charge in [-0.2, -0.15) is 4.98 Å². The van der Waals surface area contributed by atoms with Gasteiger partial charge in [-0.15, -0.1) is 11.3 Å². The van der Waals surface area contributed by atoms with Crippen LogP contribution in [0.1, 0.15) is 62.8 Å². The van der Waals surface area contributed by atoms with E-state index in [1.54, 1.807) is 6.20 Å². The van der Waals surface area contributed by atoms with E-state index in [0.29, 0.717) is 41.5 Å². The molecule has 3 aromatic heterocycles. The minimum Gasteiger partial charge on any atom is -0.396 e. The third-order valence-corrected chi connectivity index (χ3v) is 9.95. The number of aliphatic hydroxyl groups excluding tert-OH is 2. The Morgan fingerprint density at radius 1 is 1.08 bits per heavy atom. The molecule has 6 rings (SSSR count). The summed E-state index contributed by atoms with van der Waals surface area (Å²) in [6.07, 6.45) is 9.43. The molecular weight excluding hydrogens is 488 g/mol. The van der Waals surface area contributed by atoms with Gasteiger partial charge in [-0.3, -0.25) is 4.98 Å². The van der Waals surface area contributed by atoms with Crippen molar-refractivity contribution < 1.29 is 15.3 Å². The topological polar surface area (TPSA) is 136 Å². The standard InChI is InChI=1S/C27H36N6O3S/c1-15-20(24-31-21-16(2)28-11-7-19(21)37-24)23(33-27(36)10-6-17(14-34)22(27)35)32-25(30-15)29-13-18-12-26(18)8-4-3-5-9-26/h7,11,17-18,22,34-36H,3-6,8-10,12-14H2,1-2H3,(H2,29,30,32,33)/t17-,18?,22-,27-/m1/s1. The van der Waals surface area contributed by atoms with Crippen molar-refractivity contribution in [1.82, 2.24) is 19.9 Å². The highest BCUT2D eigenvalue weighted by Gasteiger charge is 2.53. The third kappa shape index (κ3) is 4.47. The van der Waals surface area contributed by atoms with E-state index in [4.69, 9.17) is 15.0 Å². The van der Waals surface area contributed by atoms with Crippen molar-refractivity contribution in [3.63, 3.8) is 0 Å². The summed E-state index contributed by atoms with van der Waals surface area (Å²) >= 11 is 1.53. The van der Waals surface area contributed by atoms with Crippen molar-refractivity contribution in [2.75, 3.05) is 23.8 Å². The second-order valence-corrected chi connectivity index (χ2v) is 12.3. The number of aromatic nitrogens is 4. The van der Waals surface area contributed by atoms with E-state index in [9.17, 15) is 15.3 Å². The second-order valence-electron chi connectivity index (χ2n) is 11.3. The average Bonchev–Trinajstić information content (AvgIpc) is 3.20. The van der Waals surface area contributed by atoms with Crippen LogP contribution in [0.15, 0.2) is 12.3 Å². The van der Waals surface area contributed by atoms with Crippen molar-refractivity contribution >= 4 is 33.3 Å². The lowest BCUT2D eigenvalue weighted by Crippen LogP contribution is -2.48. The quantitative estimate of drug-likeness (QED) is 0.290. The SMILES string of the molecule is Cc1nc(NCC2CC23CCCCC3)nc(N[C@@]2(O)CC[C@H](CO)[C@H]2O)c1-c1nc2c(C)nccc2s1. The average molecular weight is 525 g/mol. The first-order valence-electron chi connectivity index (χ1n) is 13.5. The number of fused-ring (bicyclic) bond motifs is 1. The first-order chi connectivity index (χ1) is 17.8. The summed E-state index contributed by atoms with van der Waals surface area (Å²) in [5, 5.41) is 39.2. The molecule has 3 fully saturated rings. The van der Waals surface area contributed by atoms with Gasteiger partial charge in [0.2, 0.25) is 5.95 Å². The number of thiazole rings is 1. The van der Waals surface area contributed by atoms with Gasteiger partial charge in [0.25, 0.3) is 0 Å². The Kier molecular flexibility index (Phi) is 6.34. The molecule has 10 heteroatoms. The van der Waals surface area contributed by atoms with Gasteiger partial charge in [0.15, 0.2) is 5.72 Å². The summed E-state index contributed by atoms with van der Waals surface area (Å²) in [4.78, 5) is 18.8. The zero-order chi connectivity index (χ0) is 25.8. The van der Waals surface area contributed by atoms with Crippen LogP contribution in [0.3, 0.4) is 0 Å². The highest BCUT2D eigenvalue weighted by Crippen LogP contribution is 2.61. The molecule has 3 aliphatic carbocycles. The summed E-state index contributed by atoms with van der Waals surface area (Å²) in [7, 11) is 0. The molecule has 5 N–H and O–H groups in total. The van der Waals surface area contributed by atoms with Crippen LogP contribution in [0.5, 0.6) is 0 Å². The first-order valence-corrected chi connectivity index (χ1v) is 14.3. The number of rotatable bonds is 7. The van der Waals surface area contributed by atoms with E-state index in [1.165, 1.54) is 49.9 Å². The van der Waals surface area contributed by atoms with Gasteiger partial charge in [-0.05, 0) is 63.4 Å². The Morgan fingerprint density at radius 3 is 2.62 bits per heavy atom. The fraction of sp³-hybridized carbons (Fsp3) is 0.630. The number of aliphatic hydroxyl groups is 3. The number of nitrogens with one attached hydrogen (secondary N) is 2. The van der Waals surface area contributed by atoms with Crippen LogP contribution in [0.25, 0.3) is 20.8 Å². The van der Waals surface area contributed by atoms with Crippen molar-refractivity contribution in [1.29, 1.82) is 0 Å². The molecule has 0 amide bonds. The number of pyridine rings is 1. The normalized spacial score (nSPS) is 28.6. The summed E-state index contributed by atoms with van der Waals surface area (Å²) < 4.78 is 1.02. The van der Waals surface area contributed by atoms with Crippen LogP contribution in [0.4, 0.5) is 11.8 Å². The largest absolute Gasteiger partial charge is 0.396 e. The minimum absolute atomic E-state index is 0.180. The Hall–Kier alpha value is -2.40. The fourth-order valence-corrected chi connectivity index (χ4v) is 7.63. The molecule has 0 aromatic carbocycles. The second kappa shape index (κ2) is 9.41. The predicted molar refractivity (Wildman–Crippen MR) is 144 cm³/mol. The molecular formula is C27H36N6O3S. The summed E-state index contributed by atoms with van der Waals surface area (Å²) in [5.41, 5.74) is 2.04. The van der Waals surface area contributed by atoms with Crippen LogP contribution >= 0.6 is 11.3 Å². The highest BCUT2D eigenvalue weighted by molar-refractivity contribution is 7.21. The van der Waals surface area contributed by atoms with Crippen LogP contribution in [0, 0.1) is 31.1 Å². The van der Waals surface area contributed by atoms with E-state index in [-0.39, 0.29) is 12.5 Å². The molecule has 9 nitrogen and oxygen atoms in total. The van der Waals surface area contributed by atoms with Gasteiger partial charge in [-0.25, -0.2) is 9.97 Å². The molecule has 4 atom stereocenters. The summed E-state index contributed by atoms with van der Waals surface area (Å²) in [6, 6.07) is 1.94. The van der Waals surface area contributed by atoms with Crippen molar-refractivity contribution in [2.24, 2.45) is 17.3 Å². The first kappa shape index (κ1) is 24.9. The Labute approximate surface area is 220 Å². The minimum atomic E-state index is -1.60. The van der Waals surface area contributed by atoms with Crippen LogP contribution in [-0.4, -0.2) is 60.2 Å². The number of nitrogens with zero attached hydrogens (tertiary/aromatic N) is 4. The summed E-state index contributed by atoms with van der Waals surface area (Å²) in [6.45, 7) is 4.52. The molecule has 3 heterocycles. The molecule has 1 unspecified atom stereocenters. The zero-order valence-corrected chi connectivity index (χ0v) is 22.3. The Bertz CT molecular complexity index is 1310. The molecule has 3 aromatic rings. The molecule has 3 saturated carbocycles. The number of hydrogen-bond acceptors (Lipinski definition) is 10. The Morgan fingerprint density at radius 2 is 1.89 bits per heavy atom. The lowest BCUT2D eigenvalue weighted by Gasteiger charge is -2.31. The molecule has 0 aliphatic heterocycles. The van der Waals surface area contributed by atoms with Crippen molar-refractivity contribution in [2.45, 2.75) is 77.0 Å². The van der Waals surface area contributed by atoms with Crippen LogP contribution in [0.2, 0.25) is 0 Å². The number of anilines is 2. The molecule has 3 aliphatic rings. The van der Waals surface area contributed by atoms with Crippen LogP contribution < -0.4 is 10.6 Å². The zero-order valence-electron chi connectivity index (χ0n) is 21.5. The molecule has 0 saturated heterocycles. The highest BCUT2D eigenvalue weighted by atomic mass is 32.1. The van der Waals surface area contributed by atoms with Crippen molar-refractivity contribution in [3.8, 4) is 10.6 Å². The van der Waals surface area contributed by atoms with Gasteiger partial charge in [0, 0.05) is 25.3 Å². The van der Waals surface area contributed by atoms with E-state index in [1.807, 2.05) is 19.9 Å². The summed E-state index contributed by atoms with van der Waals surface area (Å²) in [5.74, 6) is 1.20. The van der Waals surface area contributed by atoms with Gasteiger partial charge in [0.1, 0.15) is 22.4 Å². The Balaban J connectivity index is 1.33. The predicted octanol–water partition coefficient (Wildman–Crippen LogP) is 4.01. The molecule has 198 valence electrons. The maximum Gasteiger partial charge on any atom is 0.224 e. The van der Waals surface area contributed by atoms with Gasteiger partial charge < -0.3 is 26.0 Å². The fourth-order valence-electron chi connectivity index (χ4n) is 6.52. The number of hydrogen-bond donors (Lipinski definition) is 5. The maximum atomic E-state index is 11.4.